The highest BCUT2D eigenvalue weighted by Crippen LogP contribution is 2.31. The molecular formula is C20H15N3O4S3. The third-order valence-corrected chi connectivity index (χ3v) is 6.95. The number of ether oxygens (including phenoxy) is 1. The smallest absolute Gasteiger partial charge is 0.285 e. The maximum atomic E-state index is 12.7. The van der Waals surface area contributed by atoms with Gasteiger partial charge in [-0.3, -0.25) is 10.2 Å². The van der Waals surface area contributed by atoms with Crippen molar-refractivity contribution < 1.29 is 17.9 Å². The Morgan fingerprint density at radius 2 is 1.90 bits per heavy atom. The fourth-order valence-corrected chi connectivity index (χ4v) is 5.13. The van der Waals surface area contributed by atoms with Crippen LogP contribution >= 0.6 is 24.0 Å². The number of thioether (sulfide) groups is 1. The lowest BCUT2D eigenvalue weighted by Crippen LogP contribution is -2.44. The molecule has 2 aliphatic rings. The van der Waals surface area contributed by atoms with E-state index in [0.29, 0.717) is 10.5 Å². The van der Waals surface area contributed by atoms with Crippen molar-refractivity contribution in [3.63, 3.8) is 0 Å². The van der Waals surface area contributed by atoms with Gasteiger partial charge in [0.05, 0.1) is 12.0 Å². The molecule has 0 atom stereocenters. The number of hydrogen-bond acceptors (Lipinski definition) is 7. The molecule has 0 aliphatic carbocycles. The summed E-state index contributed by atoms with van der Waals surface area (Å²) >= 11 is 6.40. The Labute approximate surface area is 183 Å². The van der Waals surface area contributed by atoms with Crippen LogP contribution in [0.1, 0.15) is 11.1 Å². The molecule has 0 bridgehead atoms. The molecule has 0 spiro atoms. The fraction of sp³-hybridized carbons (Fsp3) is 0.0500. The highest BCUT2D eigenvalue weighted by Gasteiger charge is 2.36. The lowest BCUT2D eigenvalue weighted by Gasteiger charge is -2.16. The molecule has 1 amide bonds. The monoisotopic (exact) mass is 457 g/mol. The molecule has 1 saturated heterocycles. The molecule has 0 aromatic heterocycles. The Balaban J connectivity index is 1.51. The highest BCUT2D eigenvalue weighted by atomic mass is 32.2. The summed E-state index contributed by atoms with van der Waals surface area (Å²) in [6.07, 6.45) is 5.26. The van der Waals surface area contributed by atoms with Gasteiger partial charge in [-0.1, -0.05) is 48.2 Å². The molecule has 1 fully saturated rings. The molecule has 2 aromatic carbocycles. The van der Waals surface area contributed by atoms with Crippen molar-refractivity contribution in [1.29, 1.82) is 0 Å². The number of hydrogen-bond donors (Lipinski definition) is 1. The second kappa shape index (κ2) is 8.05. The van der Waals surface area contributed by atoms with Crippen molar-refractivity contribution in [2.24, 2.45) is 4.40 Å². The Morgan fingerprint density at radius 3 is 2.63 bits per heavy atom. The summed E-state index contributed by atoms with van der Waals surface area (Å²) in [6.45, 7) is 0. The first-order chi connectivity index (χ1) is 14.4. The SMILES string of the molecule is COc1ccc(C=CC=C2SC(=S)N(NC3=NS(=O)(=O)c4ccccc43)C2=O)cc1. The standard InChI is InChI=1S/C20H15N3O4S3/c1-27-14-11-9-13(10-12-14)5-4-7-16-19(24)23(20(28)29-16)21-18-15-6-2-3-8-17(15)30(25,26)22-18/h2-12H,1H3,(H,21,22). The number of hydrazine groups is 1. The molecule has 2 aliphatic heterocycles. The van der Waals surface area contributed by atoms with E-state index >= 15 is 0 Å². The molecule has 7 nitrogen and oxygen atoms in total. The van der Waals surface area contributed by atoms with Gasteiger partial charge in [0.1, 0.15) is 10.6 Å². The maximum Gasteiger partial charge on any atom is 0.285 e. The predicted molar refractivity (Wildman–Crippen MR) is 120 cm³/mol. The normalized spacial score (nSPS) is 18.8. The summed E-state index contributed by atoms with van der Waals surface area (Å²) in [5.74, 6) is 0.447. The molecule has 10 heteroatoms. The third-order valence-electron chi connectivity index (χ3n) is 4.30. The highest BCUT2D eigenvalue weighted by molar-refractivity contribution is 8.26. The summed E-state index contributed by atoms with van der Waals surface area (Å²) in [4.78, 5) is 13.2. The van der Waals surface area contributed by atoms with Crippen molar-refractivity contribution in [2.45, 2.75) is 4.90 Å². The van der Waals surface area contributed by atoms with E-state index < -0.39 is 10.0 Å². The number of nitrogens with zero attached hydrogens (tertiary/aromatic N) is 2. The number of thiocarbonyl (C=S) groups is 1. The van der Waals surface area contributed by atoms with E-state index in [4.69, 9.17) is 17.0 Å². The second-order valence-corrected chi connectivity index (χ2v) is 9.44. The van der Waals surface area contributed by atoms with Crippen LogP contribution in [-0.2, 0) is 14.8 Å². The zero-order valence-corrected chi connectivity index (χ0v) is 18.1. The van der Waals surface area contributed by atoms with Gasteiger partial charge in [-0.2, -0.15) is 13.4 Å². The quantitative estimate of drug-likeness (QED) is 0.558. The van der Waals surface area contributed by atoms with Crippen LogP contribution in [-0.4, -0.2) is 36.6 Å². The molecule has 4 rings (SSSR count). The Kier molecular flexibility index (Phi) is 5.46. The first-order valence-electron chi connectivity index (χ1n) is 8.69. The second-order valence-electron chi connectivity index (χ2n) is 6.19. The number of nitrogens with one attached hydrogen (secondary N) is 1. The van der Waals surface area contributed by atoms with Gasteiger partial charge in [-0.15, -0.1) is 4.40 Å². The zero-order chi connectivity index (χ0) is 21.3. The average molecular weight is 458 g/mol. The van der Waals surface area contributed by atoms with Gasteiger partial charge in [0.2, 0.25) is 0 Å². The number of amides is 1. The van der Waals surface area contributed by atoms with Crippen LogP contribution in [0, 0.1) is 0 Å². The summed E-state index contributed by atoms with van der Waals surface area (Å²) in [6, 6.07) is 13.9. The molecule has 0 unspecified atom stereocenters. The first-order valence-corrected chi connectivity index (χ1v) is 11.4. The number of carbonyl (C=O) groups is 1. The van der Waals surface area contributed by atoms with E-state index in [0.717, 1.165) is 28.1 Å². The van der Waals surface area contributed by atoms with Crippen LogP contribution in [0.25, 0.3) is 6.08 Å². The van der Waals surface area contributed by atoms with Crippen LogP contribution in [0.5, 0.6) is 5.75 Å². The van der Waals surface area contributed by atoms with Gasteiger partial charge in [-0.05, 0) is 48.1 Å². The number of fused-ring (bicyclic) bond motifs is 1. The van der Waals surface area contributed by atoms with Crippen molar-refractivity contribution in [3.05, 3.63) is 76.7 Å². The van der Waals surface area contributed by atoms with Crippen LogP contribution in [0.4, 0.5) is 0 Å². The van der Waals surface area contributed by atoms with E-state index in [9.17, 15) is 13.2 Å². The molecular weight excluding hydrogens is 442 g/mol. The fourth-order valence-electron chi connectivity index (χ4n) is 2.83. The Bertz CT molecular complexity index is 1230. The molecule has 2 heterocycles. The van der Waals surface area contributed by atoms with E-state index in [1.807, 2.05) is 30.3 Å². The van der Waals surface area contributed by atoms with Crippen LogP contribution in [0.3, 0.4) is 0 Å². The number of carbonyl (C=O) groups excluding carboxylic acids is 1. The minimum atomic E-state index is -3.79. The summed E-state index contributed by atoms with van der Waals surface area (Å²) in [5, 5.41) is 1.13. The maximum absolute atomic E-state index is 12.7. The first kappa shape index (κ1) is 20.3. The molecule has 0 radical (unpaired) electrons. The van der Waals surface area contributed by atoms with Crippen LogP contribution in [0.2, 0.25) is 0 Å². The van der Waals surface area contributed by atoms with Crippen LogP contribution < -0.4 is 10.2 Å². The topological polar surface area (TPSA) is 88.1 Å². The number of amidine groups is 1. The Hall–Kier alpha value is -2.95. The minimum absolute atomic E-state index is 0.0666. The van der Waals surface area contributed by atoms with Gasteiger partial charge in [0, 0.05) is 5.56 Å². The number of allylic oxidation sites excluding steroid dienone is 2. The number of sulfonamides is 1. The predicted octanol–water partition coefficient (Wildman–Crippen LogP) is 3.11. The van der Waals surface area contributed by atoms with Gasteiger partial charge < -0.3 is 4.74 Å². The van der Waals surface area contributed by atoms with E-state index in [2.05, 4.69) is 9.82 Å². The zero-order valence-electron chi connectivity index (χ0n) is 15.6. The van der Waals surface area contributed by atoms with Crippen molar-refractivity contribution in [1.82, 2.24) is 10.4 Å². The van der Waals surface area contributed by atoms with Crippen molar-refractivity contribution >= 4 is 56.1 Å². The molecule has 30 heavy (non-hydrogen) atoms. The summed E-state index contributed by atoms with van der Waals surface area (Å²) in [5.41, 5.74) is 4.10. The molecule has 2 aromatic rings. The molecule has 0 saturated carbocycles. The average Bonchev–Trinajstić information content (AvgIpc) is 3.16. The van der Waals surface area contributed by atoms with Crippen LogP contribution in [0.15, 0.2) is 74.9 Å². The Morgan fingerprint density at radius 1 is 1.17 bits per heavy atom. The van der Waals surface area contributed by atoms with E-state index in [1.54, 1.807) is 37.5 Å². The van der Waals surface area contributed by atoms with E-state index in [1.165, 1.54) is 6.07 Å². The summed E-state index contributed by atoms with van der Waals surface area (Å²) < 4.78 is 33.5. The lowest BCUT2D eigenvalue weighted by molar-refractivity contribution is -0.123. The molecule has 152 valence electrons. The number of benzene rings is 2. The lowest BCUT2D eigenvalue weighted by atomic mass is 10.2. The number of rotatable bonds is 4. The van der Waals surface area contributed by atoms with Crippen molar-refractivity contribution in [2.75, 3.05) is 7.11 Å². The molecule has 1 N–H and O–H groups in total. The largest absolute Gasteiger partial charge is 0.497 e. The van der Waals surface area contributed by atoms with Crippen molar-refractivity contribution in [3.8, 4) is 5.75 Å². The van der Waals surface area contributed by atoms with Gasteiger partial charge >= 0.3 is 0 Å². The van der Waals surface area contributed by atoms with Gasteiger partial charge in [-0.25, -0.2) is 0 Å². The van der Waals surface area contributed by atoms with Gasteiger partial charge in [0.25, 0.3) is 15.9 Å². The minimum Gasteiger partial charge on any atom is -0.497 e. The van der Waals surface area contributed by atoms with Gasteiger partial charge in [0.15, 0.2) is 10.2 Å². The number of methoxy groups -OCH3 is 1. The summed E-state index contributed by atoms with van der Waals surface area (Å²) in [7, 11) is -2.19. The third kappa shape index (κ3) is 3.89. The van der Waals surface area contributed by atoms with E-state index in [-0.39, 0.29) is 21.0 Å².